The van der Waals surface area contributed by atoms with Gasteiger partial charge in [0.1, 0.15) is 0 Å². The molecular formula is C17H36N2. The first-order chi connectivity index (χ1) is 9.22. The van der Waals surface area contributed by atoms with Crippen LogP contribution in [0.1, 0.15) is 78.6 Å². The SMILES string of the molecule is CCCCN(CCCC)C1CC(CCC)CCC1N. The molecule has 3 atom stereocenters. The Hall–Kier alpha value is -0.0800. The summed E-state index contributed by atoms with van der Waals surface area (Å²) in [7, 11) is 0. The number of hydrogen-bond donors (Lipinski definition) is 1. The van der Waals surface area contributed by atoms with Crippen LogP contribution in [0, 0.1) is 5.92 Å². The van der Waals surface area contributed by atoms with Crippen molar-refractivity contribution in [3.8, 4) is 0 Å². The van der Waals surface area contributed by atoms with E-state index in [0.717, 1.165) is 5.92 Å². The average molecular weight is 268 g/mol. The Morgan fingerprint density at radius 2 is 1.58 bits per heavy atom. The Morgan fingerprint density at radius 3 is 2.11 bits per heavy atom. The van der Waals surface area contributed by atoms with Gasteiger partial charge in [0.25, 0.3) is 0 Å². The third kappa shape index (κ3) is 5.83. The smallest absolute Gasteiger partial charge is 0.0249 e. The van der Waals surface area contributed by atoms with Gasteiger partial charge in [-0.3, -0.25) is 4.90 Å². The van der Waals surface area contributed by atoms with Crippen LogP contribution >= 0.6 is 0 Å². The Morgan fingerprint density at radius 1 is 0.947 bits per heavy atom. The fourth-order valence-corrected chi connectivity index (χ4v) is 3.51. The highest BCUT2D eigenvalue weighted by atomic mass is 15.2. The molecule has 2 nitrogen and oxygen atoms in total. The molecule has 0 saturated heterocycles. The second kappa shape index (κ2) is 9.77. The molecular weight excluding hydrogens is 232 g/mol. The summed E-state index contributed by atoms with van der Waals surface area (Å²) < 4.78 is 0. The van der Waals surface area contributed by atoms with Gasteiger partial charge in [-0.1, -0.05) is 46.5 Å². The summed E-state index contributed by atoms with van der Waals surface area (Å²) in [5, 5.41) is 0. The summed E-state index contributed by atoms with van der Waals surface area (Å²) in [5.41, 5.74) is 6.44. The number of nitrogens with two attached hydrogens (primary N) is 1. The molecule has 0 aromatic heterocycles. The zero-order valence-corrected chi connectivity index (χ0v) is 13.5. The van der Waals surface area contributed by atoms with Crippen LogP contribution in [0.25, 0.3) is 0 Å². The first-order valence-electron chi connectivity index (χ1n) is 8.72. The van der Waals surface area contributed by atoms with Crippen molar-refractivity contribution < 1.29 is 0 Å². The third-order valence-electron chi connectivity index (χ3n) is 4.74. The van der Waals surface area contributed by atoms with E-state index in [1.54, 1.807) is 0 Å². The van der Waals surface area contributed by atoms with E-state index in [1.807, 2.05) is 0 Å². The molecule has 1 saturated carbocycles. The van der Waals surface area contributed by atoms with Gasteiger partial charge in [0, 0.05) is 12.1 Å². The van der Waals surface area contributed by atoms with Crippen molar-refractivity contribution in [3.05, 3.63) is 0 Å². The predicted molar refractivity (Wildman–Crippen MR) is 85.4 cm³/mol. The molecule has 3 unspecified atom stereocenters. The van der Waals surface area contributed by atoms with Gasteiger partial charge < -0.3 is 5.73 Å². The van der Waals surface area contributed by atoms with Crippen LogP contribution in [0.2, 0.25) is 0 Å². The fraction of sp³-hybridized carbons (Fsp3) is 1.00. The minimum Gasteiger partial charge on any atom is -0.326 e. The van der Waals surface area contributed by atoms with E-state index < -0.39 is 0 Å². The van der Waals surface area contributed by atoms with Crippen LogP contribution in [0.4, 0.5) is 0 Å². The predicted octanol–water partition coefficient (Wildman–Crippen LogP) is 4.18. The summed E-state index contributed by atoms with van der Waals surface area (Å²) in [4.78, 5) is 2.72. The highest BCUT2D eigenvalue weighted by molar-refractivity contribution is 4.89. The summed E-state index contributed by atoms with van der Waals surface area (Å²) in [6, 6.07) is 1.07. The van der Waals surface area contributed by atoms with E-state index in [0.29, 0.717) is 12.1 Å². The molecule has 1 aliphatic rings. The second-order valence-electron chi connectivity index (χ2n) is 6.44. The minimum atomic E-state index is 0.418. The summed E-state index contributed by atoms with van der Waals surface area (Å²) in [6.45, 7) is 9.41. The molecule has 1 fully saturated rings. The quantitative estimate of drug-likeness (QED) is 0.679. The normalized spacial score (nSPS) is 27.9. The summed E-state index contributed by atoms with van der Waals surface area (Å²) >= 11 is 0. The lowest BCUT2D eigenvalue weighted by Crippen LogP contribution is -2.51. The van der Waals surface area contributed by atoms with E-state index in [2.05, 4.69) is 25.7 Å². The van der Waals surface area contributed by atoms with E-state index >= 15 is 0 Å². The maximum absolute atomic E-state index is 6.44. The van der Waals surface area contributed by atoms with Crippen molar-refractivity contribution in [2.45, 2.75) is 90.6 Å². The van der Waals surface area contributed by atoms with E-state index in [4.69, 9.17) is 5.73 Å². The standard InChI is InChI=1S/C17H36N2/c1-4-7-12-19(13-8-5-2)17-14-15(9-6-3)10-11-16(17)18/h15-17H,4-14,18H2,1-3H3. The maximum atomic E-state index is 6.44. The lowest BCUT2D eigenvalue weighted by Gasteiger charge is -2.41. The van der Waals surface area contributed by atoms with Crippen molar-refractivity contribution in [1.82, 2.24) is 4.90 Å². The topological polar surface area (TPSA) is 29.3 Å². The Bertz CT molecular complexity index is 209. The lowest BCUT2D eigenvalue weighted by molar-refractivity contribution is 0.105. The van der Waals surface area contributed by atoms with Gasteiger partial charge in [-0.15, -0.1) is 0 Å². The first-order valence-corrected chi connectivity index (χ1v) is 8.72. The largest absolute Gasteiger partial charge is 0.326 e. The van der Waals surface area contributed by atoms with Crippen molar-refractivity contribution in [1.29, 1.82) is 0 Å². The van der Waals surface area contributed by atoms with Crippen molar-refractivity contribution in [2.24, 2.45) is 11.7 Å². The highest BCUT2D eigenvalue weighted by Gasteiger charge is 2.31. The zero-order valence-electron chi connectivity index (χ0n) is 13.5. The molecule has 0 spiro atoms. The molecule has 114 valence electrons. The Kier molecular flexibility index (Phi) is 8.72. The number of nitrogens with zero attached hydrogens (tertiary/aromatic N) is 1. The molecule has 0 aromatic rings. The zero-order chi connectivity index (χ0) is 14.1. The number of rotatable bonds is 9. The van der Waals surface area contributed by atoms with Crippen LogP contribution < -0.4 is 5.73 Å². The van der Waals surface area contributed by atoms with Crippen molar-refractivity contribution in [2.75, 3.05) is 13.1 Å². The molecule has 0 amide bonds. The molecule has 19 heavy (non-hydrogen) atoms. The number of unbranched alkanes of at least 4 members (excludes halogenated alkanes) is 2. The van der Waals surface area contributed by atoms with Crippen LogP contribution in [0.15, 0.2) is 0 Å². The second-order valence-corrected chi connectivity index (χ2v) is 6.44. The lowest BCUT2D eigenvalue weighted by atomic mass is 9.79. The molecule has 0 aliphatic heterocycles. The molecule has 2 N–H and O–H groups in total. The van der Waals surface area contributed by atoms with Gasteiger partial charge in [0.2, 0.25) is 0 Å². The molecule has 0 radical (unpaired) electrons. The van der Waals surface area contributed by atoms with E-state index in [-0.39, 0.29) is 0 Å². The third-order valence-corrected chi connectivity index (χ3v) is 4.74. The summed E-state index contributed by atoms with van der Waals surface area (Å²) in [5.74, 6) is 0.931. The summed E-state index contributed by atoms with van der Waals surface area (Å²) in [6.07, 6.45) is 11.9. The first kappa shape index (κ1) is 17.0. The number of hydrogen-bond acceptors (Lipinski definition) is 2. The van der Waals surface area contributed by atoms with E-state index in [9.17, 15) is 0 Å². The molecule has 1 aliphatic carbocycles. The molecule has 0 aromatic carbocycles. The Labute approximate surface area is 121 Å². The minimum absolute atomic E-state index is 0.418. The van der Waals surface area contributed by atoms with Crippen molar-refractivity contribution in [3.63, 3.8) is 0 Å². The average Bonchev–Trinajstić information content (AvgIpc) is 2.42. The molecule has 2 heteroatoms. The van der Waals surface area contributed by atoms with Crippen molar-refractivity contribution >= 4 is 0 Å². The molecule has 0 heterocycles. The van der Waals surface area contributed by atoms with Crippen LogP contribution in [-0.4, -0.2) is 30.1 Å². The highest BCUT2D eigenvalue weighted by Crippen LogP contribution is 2.30. The fourth-order valence-electron chi connectivity index (χ4n) is 3.51. The molecule has 0 bridgehead atoms. The van der Waals surface area contributed by atoms with Crippen LogP contribution in [0.5, 0.6) is 0 Å². The van der Waals surface area contributed by atoms with Gasteiger partial charge in [-0.2, -0.15) is 0 Å². The maximum Gasteiger partial charge on any atom is 0.0249 e. The van der Waals surface area contributed by atoms with Gasteiger partial charge in [-0.05, 0) is 51.1 Å². The van der Waals surface area contributed by atoms with E-state index in [1.165, 1.54) is 70.9 Å². The molecule has 1 rings (SSSR count). The Balaban J connectivity index is 2.56. The van der Waals surface area contributed by atoms with Gasteiger partial charge in [0.05, 0.1) is 0 Å². The monoisotopic (exact) mass is 268 g/mol. The van der Waals surface area contributed by atoms with Gasteiger partial charge in [0.15, 0.2) is 0 Å². The van der Waals surface area contributed by atoms with Gasteiger partial charge in [-0.25, -0.2) is 0 Å². The van der Waals surface area contributed by atoms with Crippen LogP contribution in [-0.2, 0) is 0 Å². The van der Waals surface area contributed by atoms with Gasteiger partial charge >= 0.3 is 0 Å². The van der Waals surface area contributed by atoms with Crippen LogP contribution in [0.3, 0.4) is 0 Å².